The number of carbonyl (C=O) groups is 2. The van der Waals surface area contributed by atoms with E-state index in [0.29, 0.717) is 31.0 Å². The van der Waals surface area contributed by atoms with Gasteiger partial charge in [-0.2, -0.15) is 5.26 Å². The Kier molecular flexibility index (Phi) is 7.41. The van der Waals surface area contributed by atoms with Gasteiger partial charge in [-0.25, -0.2) is 0 Å². The number of H-pyrrole nitrogens is 1. The first kappa shape index (κ1) is 23.6. The van der Waals surface area contributed by atoms with Crippen molar-refractivity contribution in [1.29, 1.82) is 5.26 Å². The van der Waals surface area contributed by atoms with Crippen molar-refractivity contribution in [2.45, 2.75) is 52.1 Å². The third kappa shape index (κ3) is 6.01. The maximum Gasteiger partial charge on any atom is 0.267 e. The number of ether oxygens (including phenoxy) is 1. The molecule has 0 saturated carbocycles. The van der Waals surface area contributed by atoms with Gasteiger partial charge in [-0.15, -0.1) is 0 Å². The topological polar surface area (TPSA) is 119 Å². The molecule has 172 valence electrons. The molecule has 8 heteroatoms. The molecule has 1 aromatic carbocycles. The quantitative estimate of drug-likeness (QED) is 0.479. The molecule has 1 aromatic heterocycles. The predicted octanol–water partition coefficient (Wildman–Crippen LogP) is 2.72. The summed E-state index contributed by atoms with van der Waals surface area (Å²) in [6.45, 7) is 7.46. The number of amides is 2. The lowest BCUT2D eigenvalue weighted by Crippen LogP contribution is -2.47. The monoisotopic (exact) mass is 439 g/mol. The average molecular weight is 440 g/mol. The number of nitrogens with zero attached hydrogens (tertiary/aromatic N) is 1. The molecule has 2 heterocycles. The van der Waals surface area contributed by atoms with E-state index in [2.05, 4.69) is 47.8 Å². The Bertz CT molecular complexity index is 1000. The highest BCUT2D eigenvalue weighted by atomic mass is 16.5. The van der Waals surface area contributed by atoms with Crippen LogP contribution in [-0.4, -0.2) is 49.1 Å². The van der Waals surface area contributed by atoms with E-state index in [1.54, 1.807) is 13.2 Å². The first-order chi connectivity index (χ1) is 15.2. The second kappa shape index (κ2) is 10.0. The van der Waals surface area contributed by atoms with E-state index in [-0.39, 0.29) is 29.2 Å². The van der Waals surface area contributed by atoms with Gasteiger partial charge in [0.05, 0.1) is 19.2 Å². The second-order valence-corrected chi connectivity index (χ2v) is 9.64. The van der Waals surface area contributed by atoms with E-state index in [0.717, 1.165) is 23.7 Å². The van der Waals surface area contributed by atoms with Gasteiger partial charge in [-0.1, -0.05) is 26.8 Å². The lowest BCUT2D eigenvalue weighted by atomic mass is 9.87. The van der Waals surface area contributed by atoms with E-state index in [9.17, 15) is 14.9 Å². The number of aromatic amines is 1. The third-order valence-electron chi connectivity index (χ3n) is 5.73. The molecule has 2 aromatic rings. The minimum Gasteiger partial charge on any atom is -0.496 e. The van der Waals surface area contributed by atoms with Crippen molar-refractivity contribution in [1.82, 2.24) is 20.9 Å². The Morgan fingerprint density at radius 1 is 1.38 bits per heavy atom. The van der Waals surface area contributed by atoms with Gasteiger partial charge in [-0.3, -0.25) is 14.9 Å². The number of nitrogens with one attached hydrogen (secondary N) is 4. The molecular weight excluding hydrogens is 406 g/mol. The molecule has 0 radical (unpaired) electrons. The third-order valence-corrected chi connectivity index (χ3v) is 5.73. The molecule has 1 saturated heterocycles. The summed E-state index contributed by atoms with van der Waals surface area (Å²) in [6, 6.07) is 9.07. The van der Waals surface area contributed by atoms with Crippen LogP contribution in [0.4, 0.5) is 0 Å². The van der Waals surface area contributed by atoms with Crippen molar-refractivity contribution >= 4 is 22.7 Å². The zero-order valence-electron chi connectivity index (χ0n) is 19.2. The first-order valence-corrected chi connectivity index (χ1v) is 11.1. The van der Waals surface area contributed by atoms with Crippen LogP contribution in [-0.2, 0) is 4.79 Å². The van der Waals surface area contributed by atoms with E-state index >= 15 is 0 Å². The highest BCUT2D eigenvalue weighted by Crippen LogP contribution is 2.26. The molecule has 1 aliphatic rings. The summed E-state index contributed by atoms with van der Waals surface area (Å²) in [5, 5.41) is 19.6. The van der Waals surface area contributed by atoms with Gasteiger partial charge in [0, 0.05) is 36.0 Å². The number of fused-ring (bicyclic) bond motifs is 1. The van der Waals surface area contributed by atoms with E-state index < -0.39 is 6.04 Å². The van der Waals surface area contributed by atoms with E-state index in [4.69, 9.17) is 4.74 Å². The highest BCUT2D eigenvalue weighted by Gasteiger charge is 2.28. The maximum atomic E-state index is 13.0. The molecule has 32 heavy (non-hydrogen) atoms. The standard InChI is InChI=1S/C24H33N5O3/c1-24(2,3)12-17(14-27-16(13-25)10-15-8-9-26-22(15)30)28-23(31)20-11-18-19(29-20)6-5-7-21(18)32-4/h5-7,11,15-17,27,29H,8-10,12,14H2,1-4H3,(H,26,30)(H,28,31)/t15-,16-,17-/m0/s1. The van der Waals surface area contributed by atoms with Crippen LogP contribution in [0, 0.1) is 22.7 Å². The van der Waals surface area contributed by atoms with Crippen LogP contribution in [0.15, 0.2) is 24.3 Å². The maximum absolute atomic E-state index is 13.0. The van der Waals surface area contributed by atoms with Gasteiger partial charge in [0.25, 0.3) is 5.91 Å². The summed E-state index contributed by atoms with van der Waals surface area (Å²) in [5.74, 6) is 0.381. The molecule has 1 fully saturated rings. The summed E-state index contributed by atoms with van der Waals surface area (Å²) in [7, 11) is 1.60. The molecule has 0 unspecified atom stereocenters. The lowest BCUT2D eigenvalue weighted by molar-refractivity contribution is -0.122. The Balaban J connectivity index is 1.68. The van der Waals surface area contributed by atoms with Crippen molar-refractivity contribution < 1.29 is 14.3 Å². The molecule has 8 nitrogen and oxygen atoms in total. The van der Waals surface area contributed by atoms with Crippen molar-refractivity contribution in [2.75, 3.05) is 20.2 Å². The highest BCUT2D eigenvalue weighted by molar-refractivity contribution is 5.99. The lowest BCUT2D eigenvalue weighted by Gasteiger charge is -2.28. The number of hydrogen-bond acceptors (Lipinski definition) is 5. The predicted molar refractivity (Wildman–Crippen MR) is 123 cm³/mol. The van der Waals surface area contributed by atoms with Crippen LogP contribution in [0.25, 0.3) is 10.9 Å². The smallest absolute Gasteiger partial charge is 0.267 e. The van der Waals surface area contributed by atoms with Crippen molar-refractivity contribution in [3.63, 3.8) is 0 Å². The van der Waals surface area contributed by atoms with Gasteiger partial charge in [0.2, 0.25) is 5.91 Å². The molecular formula is C24H33N5O3. The summed E-state index contributed by atoms with van der Waals surface area (Å²) >= 11 is 0. The molecule has 4 N–H and O–H groups in total. The van der Waals surface area contributed by atoms with Crippen molar-refractivity contribution in [3.8, 4) is 11.8 Å². The van der Waals surface area contributed by atoms with Crippen LogP contribution in [0.2, 0.25) is 0 Å². The van der Waals surface area contributed by atoms with E-state index in [1.807, 2.05) is 18.2 Å². The molecule has 3 rings (SSSR count). The Morgan fingerprint density at radius 3 is 2.78 bits per heavy atom. The number of methoxy groups -OCH3 is 1. The minimum absolute atomic E-state index is 0.0147. The molecule has 3 atom stereocenters. The summed E-state index contributed by atoms with van der Waals surface area (Å²) in [4.78, 5) is 28.0. The minimum atomic E-state index is -0.444. The number of benzene rings is 1. The molecule has 0 bridgehead atoms. The Labute approximate surface area is 189 Å². The molecule has 1 aliphatic heterocycles. The van der Waals surface area contributed by atoms with Crippen molar-refractivity contribution in [3.05, 3.63) is 30.0 Å². The summed E-state index contributed by atoms with van der Waals surface area (Å²) in [6.07, 6.45) is 1.96. The van der Waals surface area contributed by atoms with Gasteiger partial charge in [0.15, 0.2) is 0 Å². The zero-order valence-corrected chi connectivity index (χ0v) is 19.2. The molecule has 0 aliphatic carbocycles. The fraction of sp³-hybridized carbons (Fsp3) is 0.542. The second-order valence-electron chi connectivity index (χ2n) is 9.64. The Hall–Kier alpha value is -3.05. The largest absolute Gasteiger partial charge is 0.496 e. The van der Waals surface area contributed by atoms with Gasteiger partial charge >= 0.3 is 0 Å². The number of nitriles is 1. The summed E-state index contributed by atoms with van der Waals surface area (Å²) < 4.78 is 5.39. The SMILES string of the molecule is COc1cccc2[nH]c(C(=O)N[C@H](CN[C@H](C#N)C[C@@H]3CCNC3=O)CC(C)(C)C)cc12. The van der Waals surface area contributed by atoms with Crippen LogP contribution < -0.4 is 20.7 Å². The normalized spacial score (nSPS) is 18.1. The van der Waals surface area contributed by atoms with Crippen LogP contribution >= 0.6 is 0 Å². The first-order valence-electron chi connectivity index (χ1n) is 11.1. The van der Waals surface area contributed by atoms with Crippen LogP contribution in [0.3, 0.4) is 0 Å². The fourth-order valence-corrected chi connectivity index (χ4v) is 4.22. The van der Waals surface area contributed by atoms with Crippen LogP contribution in [0.5, 0.6) is 5.75 Å². The van der Waals surface area contributed by atoms with Crippen LogP contribution in [0.1, 0.15) is 50.5 Å². The molecule has 2 amide bonds. The summed E-state index contributed by atoms with van der Waals surface area (Å²) in [5.41, 5.74) is 1.28. The fourth-order valence-electron chi connectivity index (χ4n) is 4.22. The molecule has 0 spiro atoms. The van der Waals surface area contributed by atoms with Gasteiger partial charge in [0.1, 0.15) is 11.4 Å². The number of hydrogen-bond donors (Lipinski definition) is 4. The van der Waals surface area contributed by atoms with Gasteiger partial charge < -0.3 is 20.4 Å². The average Bonchev–Trinajstić information content (AvgIpc) is 3.35. The number of carbonyl (C=O) groups excluding carboxylic acids is 2. The van der Waals surface area contributed by atoms with E-state index in [1.165, 1.54) is 0 Å². The zero-order chi connectivity index (χ0) is 23.3. The number of rotatable bonds is 9. The van der Waals surface area contributed by atoms with Gasteiger partial charge in [-0.05, 0) is 42.9 Å². The van der Waals surface area contributed by atoms with Crippen molar-refractivity contribution in [2.24, 2.45) is 11.3 Å². The Morgan fingerprint density at radius 2 is 2.16 bits per heavy atom. The number of aromatic nitrogens is 1.